The van der Waals surface area contributed by atoms with Crippen LogP contribution in [0.5, 0.6) is 0 Å². The number of thiazole rings is 1. The van der Waals surface area contributed by atoms with E-state index in [4.69, 9.17) is 0 Å². The molecule has 0 radical (unpaired) electrons. The van der Waals surface area contributed by atoms with Gasteiger partial charge in [0.05, 0.1) is 12.1 Å². The van der Waals surface area contributed by atoms with Gasteiger partial charge >= 0.3 is 0 Å². The summed E-state index contributed by atoms with van der Waals surface area (Å²) in [7, 11) is -0.729. The largest absolute Gasteiger partial charge is 0.291 e. The lowest BCUT2D eigenvalue weighted by Crippen LogP contribution is -2.27. The first-order valence-electron chi connectivity index (χ1n) is 9.81. The Kier molecular flexibility index (Phi) is 5.70. The van der Waals surface area contributed by atoms with Crippen LogP contribution in [0.3, 0.4) is 0 Å². The molecule has 1 saturated carbocycles. The van der Waals surface area contributed by atoms with Gasteiger partial charge in [-0.15, -0.1) is 0 Å². The summed E-state index contributed by atoms with van der Waals surface area (Å²) in [6.45, 7) is 1.80. The smallest absolute Gasteiger partial charge is 0.232 e. The molecule has 3 aromatic rings. The van der Waals surface area contributed by atoms with Crippen LogP contribution >= 0.6 is 11.3 Å². The number of nitrogens with zero attached hydrogens (tertiary/aromatic N) is 2. The molecular formula is C23H22F2N2O2S2. The fraction of sp³-hybridized carbons (Fsp3) is 0.261. The topological polar surface area (TPSA) is 50.3 Å². The summed E-state index contributed by atoms with van der Waals surface area (Å²) in [5, 5.41) is 0.606. The molecule has 0 N–H and O–H groups in total. The molecule has 31 heavy (non-hydrogen) atoms. The summed E-state index contributed by atoms with van der Waals surface area (Å²) in [5.41, 5.74) is 2.11. The summed E-state index contributed by atoms with van der Waals surface area (Å²) < 4.78 is 41.1. The predicted octanol–water partition coefficient (Wildman–Crippen LogP) is 4.84. The predicted molar refractivity (Wildman–Crippen MR) is 122 cm³/mol. The zero-order valence-corrected chi connectivity index (χ0v) is 18.9. The Hall–Kier alpha value is -2.58. The number of hydrogen-bond acceptors (Lipinski definition) is 4. The number of halogens is 2. The van der Waals surface area contributed by atoms with Crippen molar-refractivity contribution in [2.45, 2.75) is 35.6 Å². The Morgan fingerprint density at radius 2 is 1.90 bits per heavy atom. The molecule has 162 valence electrons. The highest BCUT2D eigenvalue weighted by atomic mass is 32.2. The van der Waals surface area contributed by atoms with E-state index in [1.165, 1.54) is 16.2 Å². The van der Waals surface area contributed by atoms with Gasteiger partial charge in [0, 0.05) is 27.4 Å². The second-order valence-corrected chi connectivity index (χ2v) is 11.5. The van der Waals surface area contributed by atoms with Crippen LogP contribution in [0.15, 0.2) is 46.7 Å². The van der Waals surface area contributed by atoms with Gasteiger partial charge in [-0.2, -0.15) is 0 Å². The fourth-order valence-electron chi connectivity index (χ4n) is 3.35. The lowest BCUT2D eigenvalue weighted by atomic mass is 10.0. The standard InChI is InChI=1S/C23H22F2N2O2S2/c1-14-22(31(3,29)18-9-10-18)30-23(26-14)27(2)21(28)12-15-4-6-16(7-5-15)19-13-17(24)8-11-20(19)25/h4-8,11,13,18H,3,9-10,12H2,1-2H3. The zero-order valence-electron chi connectivity index (χ0n) is 17.2. The van der Waals surface area contributed by atoms with Crippen LogP contribution < -0.4 is 4.90 Å². The van der Waals surface area contributed by atoms with E-state index < -0.39 is 21.2 Å². The third-order valence-corrected chi connectivity index (χ3v) is 9.93. The van der Waals surface area contributed by atoms with E-state index in [0.29, 0.717) is 20.6 Å². The third-order valence-electron chi connectivity index (χ3n) is 5.33. The Balaban J connectivity index is 1.49. The number of aryl methyl sites for hydroxylation is 1. The third kappa shape index (κ3) is 4.41. The molecule has 1 atom stereocenters. The number of carbonyl (C=O) groups is 1. The van der Waals surface area contributed by atoms with Gasteiger partial charge in [-0.05, 0) is 55.0 Å². The van der Waals surface area contributed by atoms with Gasteiger partial charge < -0.3 is 0 Å². The average molecular weight is 461 g/mol. The maximum Gasteiger partial charge on any atom is 0.232 e. The van der Waals surface area contributed by atoms with Crippen LogP contribution in [0, 0.1) is 18.6 Å². The van der Waals surface area contributed by atoms with E-state index in [1.54, 1.807) is 38.2 Å². The van der Waals surface area contributed by atoms with E-state index in [1.807, 2.05) is 0 Å². The highest BCUT2D eigenvalue weighted by molar-refractivity contribution is 8.02. The number of carbonyl (C=O) groups excluding carboxylic acids is 1. The van der Waals surface area contributed by atoms with E-state index in [2.05, 4.69) is 10.9 Å². The molecule has 0 bridgehead atoms. The molecule has 1 aromatic heterocycles. The van der Waals surface area contributed by atoms with Gasteiger partial charge in [-0.25, -0.2) is 13.8 Å². The second kappa shape index (κ2) is 8.16. The van der Waals surface area contributed by atoms with Crippen LogP contribution in [0.1, 0.15) is 24.1 Å². The van der Waals surface area contributed by atoms with Crippen LogP contribution in [0.25, 0.3) is 11.1 Å². The number of rotatable bonds is 6. The first kappa shape index (κ1) is 21.6. The molecule has 1 unspecified atom stereocenters. The second-order valence-electron chi connectivity index (χ2n) is 7.75. The Labute approximate surface area is 184 Å². The minimum atomic E-state index is -2.37. The molecule has 1 amide bonds. The van der Waals surface area contributed by atoms with Crippen molar-refractivity contribution >= 4 is 37.8 Å². The maximum atomic E-state index is 14.0. The summed E-state index contributed by atoms with van der Waals surface area (Å²) in [5.74, 6) is 2.75. The summed E-state index contributed by atoms with van der Waals surface area (Å²) in [6.07, 6.45) is 1.96. The van der Waals surface area contributed by atoms with Crippen molar-refractivity contribution in [3.8, 4) is 11.1 Å². The van der Waals surface area contributed by atoms with E-state index >= 15 is 0 Å². The monoisotopic (exact) mass is 460 g/mol. The molecule has 8 heteroatoms. The molecule has 1 aliphatic carbocycles. The minimum Gasteiger partial charge on any atom is -0.291 e. The first-order chi connectivity index (χ1) is 14.7. The van der Waals surface area contributed by atoms with Crippen molar-refractivity contribution in [2.75, 3.05) is 11.9 Å². The average Bonchev–Trinajstić information content (AvgIpc) is 3.52. The van der Waals surface area contributed by atoms with E-state index in [9.17, 15) is 17.8 Å². The van der Waals surface area contributed by atoms with Crippen LogP contribution in [0.2, 0.25) is 0 Å². The van der Waals surface area contributed by atoms with Crippen molar-refractivity contribution in [1.29, 1.82) is 0 Å². The molecule has 2 aromatic carbocycles. The maximum absolute atomic E-state index is 14.0. The van der Waals surface area contributed by atoms with Crippen molar-refractivity contribution in [3.63, 3.8) is 0 Å². The van der Waals surface area contributed by atoms with E-state index in [0.717, 1.165) is 36.6 Å². The lowest BCUT2D eigenvalue weighted by molar-refractivity contribution is -0.117. The molecule has 1 fully saturated rings. The zero-order chi connectivity index (χ0) is 22.3. The molecule has 1 aliphatic rings. The highest BCUT2D eigenvalue weighted by Crippen LogP contribution is 2.39. The van der Waals surface area contributed by atoms with Crippen LogP contribution in [-0.4, -0.2) is 33.3 Å². The molecule has 0 saturated heterocycles. The Morgan fingerprint density at radius 3 is 2.55 bits per heavy atom. The summed E-state index contributed by atoms with van der Waals surface area (Å²) in [4.78, 5) is 18.7. The minimum absolute atomic E-state index is 0.113. The molecule has 0 aliphatic heterocycles. The summed E-state index contributed by atoms with van der Waals surface area (Å²) >= 11 is 1.26. The highest BCUT2D eigenvalue weighted by Gasteiger charge is 2.35. The van der Waals surface area contributed by atoms with Crippen LogP contribution in [0.4, 0.5) is 13.9 Å². The van der Waals surface area contributed by atoms with Gasteiger partial charge in [0.25, 0.3) is 0 Å². The van der Waals surface area contributed by atoms with Gasteiger partial charge in [-0.3, -0.25) is 13.9 Å². The summed E-state index contributed by atoms with van der Waals surface area (Å²) in [6, 6.07) is 10.1. The molecular weight excluding hydrogens is 438 g/mol. The number of anilines is 1. The quantitative estimate of drug-likeness (QED) is 0.495. The molecule has 4 nitrogen and oxygen atoms in total. The normalized spacial score (nSPS) is 15.5. The van der Waals surface area contributed by atoms with E-state index in [-0.39, 0.29) is 23.1 Å². The van der Waals surface area contributed by atoms with Crippen molar-refractivity contribution < 1.29 is 17.8 Å². The molecule has 1 heterocycles. The number of likely N-dealkylation sites (N-methyl/N-ethyl adjacent to an activating group) is 1. The Morgan fingerprint density at radius 1 is 1.23 bits per heavy atom. The Bertz CT molecular complexity index is 1250. The molecule has 0 spiro atoms. The van der Waals surface area contributed by atoms with Crippen LogP contribution in [-0.2, 0) is 20.7 Å². The number of aromatic nitrogens is 1. The first-order valence-corrected chi connectivity index (χ1v) is 12.4. The van der Waals surface area contributed by atoms with Gasteiger partial charge in [0.2, 0.25) is 5.91 Å². The molecule has 4 rings (SSSR count). The SMILES string of the molecule is C=S(=O)(c1sc(N(C)C(=O)Cc2ccc(-c3cc(F)ccc3F)cc2)nc1C)C1CC1. The number of benzene rings is 2. The van der Waals surface area contributed by atoms with Gasteiger partial charge in [0.15, 0.2) is 5.13 Å². The van der Waals surface area contributed by atoms with Gasteiger partial charge in [-0.1, -0.05) is 35.6 Å². The lowest BCUT2D eigenvalue weighted by Gasteiger charge is -2.14. The number of amides is 1. The van der Waals surface area contributed by atoms with Crippen molar-refractivity contribution in [1.82, 2.24) is 4.98 Å². The van der Waals surface area contributed by atoms with Crippen molar-refractivity contribution in [3.05, 3.63) is 65.4 Å². The number of hydrogen-bond donors (Lipinski definition) is 0. The van der Waals surface area contributed by atoms with Gasteiger partial charge in [0.1, 0.15) is 15.8 Å². The van der Waals surface area contributed by atoms with Crippen molar-refractivity contribution in [2.24, 2.45) is 0 Å². The fourth-order valence-corrected chi connectivity index (χ4v) is 7.08.